The summed E-state index contributed by atoms with van der Waals surface area (Å²) < 4.78 is 0. The minimum atomic E-state index is -0.629. The molecule has 1 aromatic carbocycles. The number of nitrogens with zero attached hydrogens (tertiary/aromatic N) is 2. The molecule has 0 aromatic heterocycles. The zero-order chi connectivity index (χ0) is 16.2. The van der Waals surface area contributed by atoms with Crippen molar-refractivity contribution < 1.29 is 14.8 Å². The Labute approximate surface area is 127 Å². The molecule has 0 atom stereocenters. The lowest BCUT2D eigenvalue weighted by Crippen LogP contribution is -2.38. The number of amides is 1. The predicted octanol–water partition coefficient (Wildman–Crippen LogP) is 2.06. The number of anilines is 1. The number of aliphatic hydroxyl groups is 1. The Bertz CT molecular complexity index is 548. The van der Waals surface area contributed by atoms with Crippen LogP contribution >= 0.6 is 11.6 Å². The SMILES string of the molecule is CC(C)N(CCCO)C(=O)c1cc([N+](=O)[O-])cc(Cl)c1N. The van der Waals surface area contributed by atoms with E-state index in [-0.39, 0.29) is 34.6 Å². The number of carbonyl (C=O) groups is 1. The first-order valence-electron chi connectivity index (χ1n) is 6.44. The summed E-state index contributed by atoms with van der Waals surface area (Å²) in [5.41, 5.74) is 5.50. The molecule has 0 aliphatic rings. The molecule has 0 unspecified atom stereocenters. The largest absolute Gasteiger partial charge is 0.397 e. The summed E-state index contributed by atoms with van der Waals surface area (Å²) in [6, 6.07) is 2.10. The van der Waals surface area contributed by atoms with Gasteiger partial charge in [-0.2, -0.15) is 0 Å². The highest BCUT2D eigenvalue weighted by molar-refractivity contribution is 6.34. The van der Waals surface area contributed by atoms with Crippen molar-refractivity contribution in [1.82, 2.24) is 4.90 Å². The number of nitro groups is 1. The molecule has 8 heteroatoms. The first-order chi connectivity index (χ1) is 9.79. The van der Waals surface area contributed by atoms with E-state index in [0.717, 1.165) is 12.1 Å². The lowest BCUT2D eigenvalue weighted by atomic mass is 10.1. The second-order valence-corrected chi connectivity index (χ2v) is 5.22. The highest BCUT2D eigenvalue weighted by Crippen LogP contribution is 2.30. The Morgan fingerprint density at radius 1 is 1.52 bits per heavy atom. The minimum Gasteiger partial charge on any atom is -0.397 e. The Morgan fingerprint density at radius 2 is 2.14 bits per heavy atom. The van der Waals surface area contributed by atoms with Crippen LogP contribution in [0.4, 0.5) is 11.4 Å². The van der Waals surface area contributed by atoms with Crippen LogP contribution in [0.1, 0.15) is 30.6 Å². The van der Waals surface area contributed by atoms with E-state index in [4.69, 9.17) is 22.4 Å². The molecule has 0 spiro atoms. The first kappa shape index (κ1) is 17.2. The van der Waals surface area contributed by atoms with Gasteiger partial charge in [0.15, 0.2) is 0 Å². The molecule has 0 radical (unpaired) electrons. The van der Waals surface area contributed by atoms with Gasteiger partial charge in [-0.1, -0.05) is 11.6 Å². The number of non-ortho nitro benzene ring substituents is 1. The third-order valence-corrected chi connectivity index (χ3v) is 3.31. The molecular formula is C13H18ClN3O4. The number of nitro benzene ring substituents is 1. The summed E-state index contributed by atoms with van der Waals surface area (Å²) in [4.78, 5) is 24.2. The smallest absolute Gasteiger partial charge is 0.271 e. The second kappa shape index (κ2) is 7.24. The lowest BCUT2D eigenvalue weighted by Gasteiger charge is -2.27. The van der Waals surface area contributed by atoms with Gasteiger partial charge in [0.2, 0.25) is 0 Å². The van der Waals surface area contributed by atoms with Crippen molar-refractivity contribution in [2.75, 3.05) is 18.9 Å². The number of nitrogen functional groups attached to an aromatic ring is 1. The molecule has 0 saturated heterocycles. The van der Waals surface area contributed by atoms with Crippen LogP contribution in [-0.2, 0) is 0 Å². The summed E-state index contributed by atoms with van der Waals surface area (Å²) >= 11 is 5.86. The molecule has 1 amide bonds. The fourth-order valence-corrected chi connectivity index (χ4v) is 2.09. The maximum absolute atomic E-state index is 12.5. The van der Waals surface area contributed by atoms with Gasteiger partial charge in [0.1, 0.15) is 0 Å². The topological polar surface area (TPSA) is 110 Å². The van der Waals surface area contributed by atoms with Crippen LogP contribution in [0.15, 0.2) is 12.1 Å². The van der Waals surface area contributed by atoms with Gasteiger partial charge in [-0.25, -0.2) is 0 Å². The quantitative estimate of drug-likeness (QED) is 0.474. The fourth-order valence-electron chi connectivity index (χ4n) is 1.88. The van der Waals surface area contributed by atoms with Crippen LogP contribution in [0.3, 0.4) is 0 Å². The number of benzene rings is 1. The molecule has 1 aromatic rings. The van der Waals surface area contributed by atoms with Crippen LogP contribution in [0.2, 0.25) is 5.02 Å². The molecule has 0 aliphatic heterocycles. The fraction of sp³-hybridized carbons (Fsp3) is 0.462. The molecule has 7 nitrogen and oxygen atoms in total. The number of halogens is 1. The molecule has 0 fully saturated rings. The third kappa shape index (κ3) is 4.05. The highest BCUT2D eigenvalue weighted by Gasteiger charge is 2.24. The molecule has 0 heterocycles. The van der Waals surface area contributed by atoms with Crippen molar-refractivity contribution in [3.63, 3.8) is 0 Å². The number of carbonyl (C=O) groups excluding carboxylic acids is 1. The van der Waals surface area contributed by atoms with Crippen LogP contribution in [-0.4, -0.2) is 40.0 Å². The van der Waals surface area contributed by atoms with E-state index >= 15 is 0 Å². The van der Waals surface area contributed by atoms with Crippen LogP contribution in [0, 0.1) is 10.1 Å². The zero-order valence-corrected chi connectivity index (χ0v) is 12.6. The van der Waals surface area contributed by atoms with Crippen LogP contribution in [0.25, 0.3) is 0 Å². The predicted molar refractivity (Wildman–Crippen MR) is 80.4 cm³/mol. The average Bonchev–Trinajstić information content (AvgIpc) is 2.41. The lowest BCUT2D eigenvalue weighted by molar-refractivity contribution is -0.384. The van der Waals surface area contributed by atoms with Gasteiger partial charge in [-0.3, -0.25) is 14.9 Å². The van der Waals surface area contributed by atoms with E-state index in [1.54, 1.807) is 0 Å². The molecule has 0 bridgehead atoms. The summed E-state index contributed by atoms with van der Waals surface area (Å²) in [6.07, 6.45) is 0.409. The number of aliphatic hydroxyl groups excluding tert-OH is 1. The molecule has 116 valence electrons. The van der Waals surface area contributed by atoms with Gasteiger partial charge in [0, 0.05) is 31.3 Å². The molecular weight excluding hydrogens is 298 g/mol. The maximum atomic E-state index is 12.5. The summed E-state index contributed by atoms with van der Waals surface area (Å²) in [5.74, 6) is -0.443. The Balaban J connectivity index is 3.23. The summed E-state index contributed by atoms with van der Waals surface area (Å²) in [6.45, 7) is 3.89. The van der Waals surface area contributed by atoms with Crippen LogP contribution < -0.4 is 5.73 Å². The van der Waals surface area contributed by atoms with Crippen LogP contribution in [0.5, 0.6) is 0 Å². The van der Waals surface area contributed by atoms with E-state index in [1.807, 2.05) is 13.8 Å². The summed E-state index contributed by atoms with van der Waals surface area (Å²) in [7, 11) is 0. The van der Waals surface area contributed by atoms with E-state index in [1.165, 1.54) is 4.90 Å². The Hall–Kier alpha value is -1.86. The van der Waals surface area contributed by atoms with Crippen molar-refractivity contribution in [3.05, 3.63) is 32.8 Å². The molecule has 0 saturated carbocycles. The number of rotatable bonds is 6. The molecule has 0 aliphatic carbocycles. The Morgan fingerprint density at radius 3 is 2.62 bits per heavy atom. The zero-order valence-electron chi connectivity index (χ0n) is 11.9. The van der Waals surface area contributed by atoms with Gasteiger partial charge >= 0.3 is 0 Å². The van der Waals surface area contributed by atoms with E-state index in [0.29, 0.717) is 13.0 Å². The van der Waals surface area contributed by atoms with E-state index in [9.17, 15) is 14.9 Å². The molecule has 21 heavy (non-hydrogen) atoms. The third-order valence-electron chi connectivity index (χ3n) is 3.00. The van der Waals surface area contributed by atoms with Gasteiger partial charge in [0.05, 0.1) is 21.2 Å². The van der Waals surface area contributed by atoms with Crippen molar-refractivity contribution in [1.29, 1.82) is 0 Å². The monoisotopic (exact) mass is 315 g/mol. The normalized spacial score (nSPS) is 10.7. The van der Waals surface area contributed by atoms with Gasteiger partial charge in [-0.15, -0.1) is 0 Å². The van der Waals surface area contributed by atoms with Gasteiger partial charge < -0.3 is 15.7 Å². The van der Waals surface area contributed by atoms with Crippen molar-refractivity contribution >= 4 is 28.9 Å². The standard InChI is InChI=1S/C13H18ClN3O4/c1-8(2)16(4-3-5-18)13(19)10-6-9(17(20)21)7-11(14)12(10)15/h6-8,18H,3-5,15H2,1-2H3. The average molecular weight is 316 g/mol. The second-order valence-electron chi connectivity index (χ2n) is 4.82. The maximum Gasteiger partial charge on any atom is 0.271 e. The molecule has 3 N–H and O–H groups in total. The van der Waals surface area contributed by atoms with Crippen molar-refractivity contribution in [3.8, 4) is 0 Å². The van der Waals surface area contributed by atoms with Crippen molar-refractivity contribution in [2.24, 2.45) is 0 Å². The number of nitrogens with two attached hydrogens (primary N) is 1. The number of hydrogen-bond donors (Lipinski definition) is 2. The number of hydrogen-bond acceptors (Lipinski definition) is 5. The molecule has 1 rings (SSSR count). The summed E-state index contributed by atoms with van der Waals surface area (Å²) in [5, 5.41) is 19.7. The minimum absolute atomic E-state index is 0.000778. The van der Waals surface area contributed by atoms with E-state index < -0.39 is 10.8 Å². The van der Waals surface area contributed by atoms with E-state index in [2.05, 4.69) is 0 Å². The Kier molecular flexibility index (Phi) is 5.92. The van der Waals surface area contributed by atoms with Crippen molar-refractivity contribution in [2.45, 2.75) is 26.3 Å². The highest BCUT2D eigenvalue weighted by atomic mass is 35.5. The van der Waals surface area contributed by atoms with Gasteiger partial charge in [0.25, 0.3) is 11.6 Å². The first-order valence-corrected chi connectivity index (χ1v) is 6.82. The van der Waals surface area contributed by atoms with Gasteiger partial charge in [-0.05, 0) is 20.3 Å².